The van der Waals surface area contributed by atoms with Crippen molar-refractivity contribution < 1.29 is 77.3 Å². The summed E-state index contributed by atoms with van der Waals surface area (Å²) in [5.41, 5.74) is 8.11. The Morgan fingerprint density at radius 2 is 0.902 bits per heavy atom. The zero-order valence-electron chi connectivity index (χ0n) is 43.1. The summed E-state index contributed by atoms with van der Waals surface area (Å²) in [6.07, 6.45) is 10.8. The fourth-order valence-electron chi connectivity index (χ4n) is 9.39. The molecule has 8 saturated heterocycles. The molecule has 8 aliphatic heterocycles. The van der Waals surface area contributed by atoms with Crippen molar-refractivity contribution in [3.8, 4) is 0 Å². The molecule has 8 fully saturated rings. The van der Waals surface area contributed by atoms with Gasteiger partial charge in [-0.25, -0.2) is 19.2 Å². The summed E-state index contributed by atoms with van der Waals surface area (Å²) in [6, 6.07) is 1.17. The number of urea groups is 3. The third kappa shape index (κ3) is 26.6. The van der Waals surface area contributed by atoms with Gasteiger partial charge in [-0.2, -0.15) is 40.3 Å². The lowest BCUT2D eigenvalue weighted by molar-refractivity contribution is -0.197. The van der Waals surface area contributed by atoms with Crippen LogP contribution in [0.5, 0.6) is 0 Å². The molecule has 8 aliphatic rings. The number of imide groups is 2. The van der Waals surface area contributed by atoms with E-state index in [4.69, 9.17) is 34.9 Å². The average Bonchev–Trinajstić information content (AvgIpc) is 4.49. The topological polar surface area (TPSA) is 376 Å². The van der Waals surface area contributed by atoms with Crippen LogP contribution in [0.2, 0.25) is 0 Å². The van der Waals surface area contributed by atoms with E-state index in [1.54, 1.807) is 0 Å². The van der Waals surface area contributed by atoms with Crippen molar-refractivity contribution in [1.29, 1.82) is 0 Å². The molecule has 0 spiro atoms. The number of nitrogens with zero attached hydrogens (tertiary/aromatic N) is 5. The smallest absolute Gasteiger partial charge is 0.333 e. The summed E-state index contributed by atoms with van der Waals surface area (Å²) in [7, 11) is 0. The molecule has 0 saturated carbocycles. The van der Waals surface area contributed by atoms with Crippen molar-refractivity contribution in [3.05, 3.63) is 10.4 Å². The number of aliphatic carboxylic acids is 1. The predicted molar refractivity (Wildman–Crippen MR) is 314 cm³/mol. The molecule has 8 heterocycles. The molecule has 82 heavy (non-hydrogen) atoms. The molecule has 0 bridgehead atoms. The summed E-state index contributed by atoms with van der Waals surface area (Å²) < 4.78 is 16.0. The number of ketones is 1. The zero-order chi connectivity index (χ0) is 55.5. The number of azide groups is 1. The number of carbonyl (C=O) groups excluding carboxylic acids is 9. The normalized spacial score (nSPS) is 24.6. The second-order valence-corrected chi connectivity index (χ2v) is 22.9. The van der Waals surface area contributed by atoms with Crippen molar-refractivity contribution in [1.82, 2.24) is 42.0 Å². The lowest BCUT2D eigenvalue weighted by atomic mass is 10.0. The van der Waals surface area contributed by atoms with E-state index in [0.29, 0.717) is 92.0 Å². The number of ether oxygens (including phenoxy) is 3. The molecule has 470 valence electrons. The van der Waals surface area contributed by atoms with Gasteiger partial charge in [0.25, 0.3) is 23.6 Å². The quantitative estimate of drug-likeness (QED) is 0.00781. The molecule has 0 radical (unpaired) electrons. The van der Waals surface area contributed by atoms with Crippen LogP contribution in [0, 0.1) is 0 Å². The number of unbranched alkanes of at least 4 members (excludes halogenated alkanes) is 3. The molecule has 8 rings (SSSR count). The molecule has 27 nitrogen and oxygen atoms in total. The number of thioether (sulfide) groups is 3. The van der Waals surface area contributed by atoms with Gasteiger partial charge in [-0.3, -0.25) is 34.0 Å². The SMILES string of the molecule is C.C.C.C.C.O=C(O)CCCC[C@@H]1SC[C@@H]2NC(=O)N[C@@H]21.O=C1CCC(=O)N1O.O=C1N[C@H]2[C@H](CS[C@H]2CCCCC(=O)ON2C(=O)CCC2=O)N1.[N-]=[N+]=NCCOCCOCCOCCCC(=O)CCCC[C@@H]1SC[C@@H]2NC(=O)N[C@@H]21. The van der Waals surface area contributed by atoms with Crippen LogP contribution in [0.25, 0.3) is 10.4 Å². The lowest BCUT2D eigenvalue weighted by Gasteiger charge is -2.16. The third-order valence-corrected chi connectivity index (χ3v) is 17.9. The minimum atomic E-state index is -0.729. The Morgan fingerprint density at radius 1 is 0.524 bits per heavy atom. The van der Waals surface area contributed by atoms with E-state index in [0.717, 1.165) is 75.0 Å². The Bertz CT molecular complexity index is 2070. The van der Waals surface area contributed by atoms with E-state index in [1.807, 2.05) is 35.3 Å². The van der Waals surface area contributed by atoms with E-state index in [9.17, 15) is 47.9 Å². The number of nitrogens with one attached hydrogen (secondary N) is 6. The van der Waals surface area contributed by atoms with Gasteiger partial charge in [0.15, 0.2) is 0 Å². The van der Waals surface area contributed by atoms with E-state index in [-0.39, 0.29) is 135 Å². The van der Waals surface area contributed by atoms with Gasteiger partial charge >= 0.3 is 30.0 Å². The van der Waals surface area contributed by atoms with Crippen LogP contribution in [-0.2, 0) is 52.6 Å². The minimum Gasteiger partial charge on any atom is -0.481 e. The molecule has 0 unspecified atom stereocenters. The van der Waals surface area contributed by atoms with Crippen molar-refractivity contribution in [3.63, 3.8) is 0 Å². The monoisotopic (exact) mass is 1220 g/mol. The van der Waals surface area contributed by atoms with Gasteiger partial charge in [0, 0.05) is 102 Å². The van der Waals surface area contributed by atoms with Gasteiger partial charge in [-0.15, -0.1) is 5.06 Å². The van der Waals surface area contributed by atoms with Crippen LogP contribution in [0.3, 0.4) is 0 Å². The standard InChI is InChI=1S/C19H33N5O5S.C14H19N3O5S.C10H16N2O3S.C4H5NO3.5CH4/c20-24-21-7-9-28-11-13-29-12-10-27-8-3-5-15(25)4-1-2-6-17-18-16(14-30-17)22-19(26)23-18;18-10-5-6-11(19)17(10)22-12(20)4-2-1-3-9-13-8(7-23-9)15-14(21)16-13;13-8(14)4-2-1-3-7-9-6(5-16-7)11-10(15)12-9;6-3-1-2-4(7)5(3)8;;;;;/h16-18H,1-14H2,(H2,22,23,26);8-9,13H,1-7H2,(H2,15,16,21);6-7,9H,1-5H2,(H,13,14)(H2,11,12,15);8H,1-2H2;5*1H4/t16-,17-,18-;8-,9-,13-;6-,7-,9-;;;;;;/m000....../s1. The minimum absolute atomic E-state index is 0. The van der Waals surface area contributed by atoms with E-state index >= 15 is 0 Å². The van der Waals surface area contributed by atoms with Gasteiger partial charge in [0.2, 0.25) is 0 Å². The Balaban J connectivity index is 0.00000112. The first-order valence-corrected chi connectivity index (χ1v) is 29.4. The highest BCUT2D eigenvalue weighted by atomic mass is 32.2. The molecule has 0 aliphatic carbocycles. The molecule has 8 N–H and O–H groups in total. The molecule has 0 aromatic heterocycles. The maximum absolute atomic E-state index is 12.0. The zero-order valence-corrected chi connectivity index (χ0v) is 45.5. The predicted octanol–water partition coefficient (Wildman–Crippen LogP) is 6.24. The molecule has 30 heteroatoms. The third-order valence-electron chi connectivity index (χ3n) is 13.4. The van der Waals surface area contributed by atoms with Crippen LogP contribution in [0.4, 0.5) is 14.4 Å². The van der Waals surface area contributed by atoms with Gasteiger partial charge in [0.05, 0.1) is 69.3 Å². The van der Waals surface area contributed by atoms with Crippen molar-refractivity contribution in [2.75, 3.05) is 63.4 Å². The lowest BCUT2D eigenvalue weighted by Crippen LogP contribution is -2.36. The van der Waals surface area contributed by atoms with Crippen molar-refractivity contribution >= 4 is 94.7 Å². The maximum Gasteiger partial charge on any atom is 0.333 e. The average molecular weight is 1220 g/mol. The first kappa shape index (κ1) is 76.9. The highest BCUT2D eigenvalue weighted by Crippen LogP contribution is 2.35. The fourth-order valence-corrected chi connectivity index (χ4v) is 14.0. The first-order chi connectivity index (χ1) is 37.1. The number of Topliss-reactive ketones (excluding diaryl/α,β-unsaturated/α-hetero) is 1. The fraction of sp³-hybridized carbons (Fsp3) is 0.808. The molecule has 10 amide bonds. The largest absolute Gasteiger partial charge is 0.481 e. The van der Waals surface area contributed by atoms with E-state index < -0.39 is 35.6 Å². The number of amides is 10. The van der Waals surface area contributed by atoms with Gasteiger partial charge in [-0.05, 0) is 50.5 Å². The van der Waals surface area contributed by atoms with Crippen molar-refractivity contribution in [2.24, 2.45) is 5.11 Å². The summed E-state index contributed by atoms with van der Waals surface area (Å²) in [4.78, 5) is 118. The maximum atomic E-state index is 12.0. The molecular formula is C52H93N11O16S3. The summed E-state index contributed by atoms with van der Waals surface area (Å²) >= 11 is 5.62. The highest BCUT2D eigenvalue weighted by Gasteiger charge is 2.45. The van der Waals surface area contributed by atoms with Crippen LogP contribution in [0.1, 0.15) is 153 Å². The number of carboxylic acids is 1. The number of rotatable bonds is 29. The Kier molecular flexibility index (Phi) is 39.2. The van der Waals surface area contributed by atoms with Crippen molar-refractivity contribution in [2.45, 2.75) is 205 Å². The second kappa shape index (κ2) is 41.8. The van der Waals surface area contributed by atoms with Gasteiger partial charge in [-0.1, -0.05) is 61.5 Å². The summed E-state index contributed by atoms with van der Waals surface area (Å²) in [5.74, 6) is -0.0605. The number of hydrogen-bond donors (Lipinski definition) is 8. The molecule has 0 aromatic rings. The van der Waals surface area contributed by atoms with E-state index in [2.05, 4.69) is 41.9 Å². The van der Waals surface area contributed by atoms with Crippen LogP contribution >= 0.6 is 35.3 Å². The Hall–Kier alpha value is -5.10. The molecular weight excluding hydrogens is 1130 g/mol. The molecule has 9 atom stereocenters. The summed E-state index contributed by atoms with van der Waals surface area (Å²) in [6.45, 7) is 3.21. The van der Waals surface area contributed by atoms with E-state index in [1.165, 1.54) is 0 Å². The van der Waals surface area contributed by atoms with Crippen LogP contribution in [0.15, 0.2) is 5.11 Å². The summed E-state index contributed by atoms with van der Waals surface area (Å²) in [5, 5.41) is 39.9. The van der Waals surface area contributed by atoms with Gasteiger partial charge in [0.1, 0.15) is 5.78 Å². The Labute approximate surface area is 495 Å². The second-order valence-electron chi connectivity index (χ2n) is 19.1. The molecule has 0 aromatic carbocycles. The van der Waals surface area contributed by atoms with Crippen LogP contribution in [-0.4, -0.2) is 195 Å². The number of hydrogen-bond acceptors (Lipinski definition) is 19. The number of hydroxylamine groups is 4. The Morgan fingerprint density at radius 3 is 1.30 bits per heavy atom. The van der Waals surface area contributed by atoms with Crippen LogP contribution < -0.4 is 31.9 Å². The number of fused-ring (bicyclic) bond motifs is 3. The number of carboxylic acid groups (broad SMARTS) is 1. The van der Waals surface area contributed by atoms with Gasteiger partial charge < -0.3 is 56.1 Å². The first-order valence-electron chi connectivity index (χ1n) is 26.3. The number of carbonyl (C=O) groups is 10. The highest BCUT2D eigenvalue weighted by molar-refractivity contribution is 8.00.